The molecule has 0 aromatic heterocycles. The molecule has 7 nitrogen and oxygen atoms in total. The van der Waals surface area contributed by atoms with Crippen LogP contribution in [0.25, 0.3) is 11.1 Å². The summed E-state index contributed by atoms with van der Waals surface area (Å²) in [6, 6.07) is 9.45. The van der Waals surface area contributed by atoms with Crippen LogP contribution in [0.4, 0.5) is 15.8 Å². The number of rotatable bonds is 4. The Morgan fingerprint density at radius 3 is 2.43 bits per heavy atom. The SMILES string of the molecule is CC.CNc1ccc(-c2cc(F)cc3c2NCN=C3N2CCC(C3NOC(C(C)C)N3C)CC2)cc1C. The van der Waals surface area contributed by atoms with Gasteiger partial charge in [0.05, 0.1) is 11.9 Å². The van der Waals surface area contributed by atoms with Crippen LogP contribution in [0.1, 0.15) is 51.7 Å². The van der Waals surface area contributed by atoms with Crippen molar-refractivity contribution in [1.82, 2.24) is 15.3 Å². The molecule has 0 amide bonds. The summed E-state index contributed by atoms with van der Waals surface area (Å²) in [6.45, 7) is 12.7. The van der Waals surface area contributed by atoms with Crippen LogP contribution in [0, 0.1) is 24.6 Å². The van der Waals surface area contributed by atoms with Crippen LogP contribution >= 0.6 is 0 Å². The summed E-state index contributed by atoms with van der Waals surface area (Å²) in [5.74, 6) is 1.58. The summed E-state index contributed by atoms with van der Waals surface area (Å²) in [5, 5.41) is 6.62. The zero-order valence-corrected chi connectivity index (χ0v) is 23.4. The van der Waals surface area contributed by atoms with E-state index in [1.54, 1.807) is 12.1 Å². The highest BCUT2D eigenvalue weighted by molar-refractivity contribution is 6.07. The number of benzene rings is 2. The van der Waals surface area contributed by atoms with E-state index in [4.69, 9.17) is 9.83 Å². The van der Waals surface area contributed by atoms with Crippen LogP contribution in [0.3, 0.4) is 0 Å². The van der Waals surface area contributed by atoms with E-state index < -0.39 is 0 Å². The molecular formula is C29H43FN6O. The van der Waals surface area contributed by atoms with Gasteiger partial charge in [-0.1, -0.05) is 33.8 Å². The van der Waals surface area contributed by atoms with Gasteiger partial charge < -0.3 is 15.5 Å². The fraction of sp³-hybridized carbons (Fsp3) is 0.552. The van der Waals surface area contributed by atoms with Gasteiger partial charge in [0.1, 0.15) is 24.5 Å². The fourth-order valence-corrected chi connectivity index (χ4v) is 5.79. The molecule has 3 N–H and O–H groups in total. The summed E-state index contributed by atoms with van der Waals surface area (Å²) in [4.78, 5) is 15.3. The summed E-state index contributed by atoms with van der Waals surface area (Å²) in [5.41, 5.74) is 9.16. The monoisotopic (exact) mass is 510 g/mol. The van der Waals surface area contributed by atoms with Gasteiger partial charge in [0.15, 0.2) is 0 Å². The van der Waals surface area contributed by atoms with E-state index in [0.717, 1.165) is 65.4 Å². The van der Waals surface area contributed by atoms with Crippen LogP contribution < -0.4 is 16.1 Å². The van der Waals surface area contributed by atoms with Crippen LogP contribution in [-0.4, -0.2) is 61.9 Å². The van der Waals surface area contributed by atoms with E-state index in [1.807, 2.05) is 33.0 Å². The maximum absolute atomic E-state index is 14.9. The second-order valence-corrected chi connectivity index (χ2v) is 10.3. The summed E-state index contributed by atoms with van der Waals surface area (Å²) in [7, 11) is 4.06. The Morgan fingerprint density at radius 1 is 1.11 bits per heavy atom. The molecule has 0 spiro atoms. The molecule has 3 aliphatic rings. The van der Waals surface area contributed by atoms with E-state index in [2.05, 4.69) is 59.8 Å². The van der Waals surface area contributed by atoms with Gasteiger partial charge in [-0.25, -0.2) is 9.38 Å². The number of nitrogens with one attached hydrogen (secondary N) is 3. The molecule has 2 saturated heterocycles. The van der Waals surface area contributed by atoms with Crippen molar-refractivity contribution in [1.29, 1.82) is 0 Å². The zero-order valence-electron chi connectivity index (χ0n) is 23.4. The number of hydroxylamine groups is 1. The molecule has 2 aromatic carbocycles. The smallest absolute Gasteiger partial charge is 0.135 e. The molecule has 5 rings (SSSR count). The average molecular weight is 511 g/mol. The Hall–Kier alpha value is -2.68. The summed E-state index contributed by atoms with van der Waals surface area (Å²) in [6.07, 6.45) is 2.39. The predicted octanol–water partition coefficient (Wildman–Crippen LogP) is 5.49. The number of hydrogen-bond acceptors (Lipinski definition) is 7. The number of aliphatic imine (C=N–C) groups is 1. The molecule has 2 fully saturated rings. The topological polar surface area (TPSA) is 64.2 Å². The lowest BCUT2D eigenvalue weighted by atomic mass is 9.91. The van der Waals surface area contributed by atoms with Crippen molar-refractivity contribution < 1.29 is 9.23 Å². The minimum atomic E-state index is -0.242. The Bertz CT molecular complexity index is 1110. The van der Waals surface area contributed by atoms with Crippen molar-refractivity contribution in [2.24, 2.45) is 16.8 Å². The molecule has 2 unspecified atom stereocenters. The van der Waals surface area contributed by atoms with Crippen molar-refractivity contribution >= 4 is 17.2 Å². The third kappa shape index (κ3) is 5.47. The van der Waals surface area contributed by atoms with Crippen LogP contribution in [0.2, 0.25) is 0 Å². The zero-order chi connectivity index (χ0) is 26.7. The molecular weight excluding hydrogens is 467 g/mol. The van der Waals surface area contributed by atoms with Crippen molar-refractivity contribution in [2.75, 3.05) is 44.5 Å². The van der Waals surface area contributed by atoms with Gasteiger partial charge in [0, 0.05) is 37.0 Å². The molecule has 37 heavy (non-hydrogen) atoms. The van der Waals surface area contributed by atoms with Gasteiger partial charge in [-0.3, -0.25) is 9.74 Å². The highest BCUT2D eigenvalue weighted by Gasteiger charge is 2.39. The van der Waals surface area contributed by atoms with Crippen LogP contribution in [0.15, 0.2) is 35.3 Å². The molecule has 0 bridgehead atoms. The van der Waals surface area contributed by atoms with Crippen molar-refractivity contribution in [3.8, 4) is 11.1 Å². The lowest BCUT2D eigenvalue weighted by molar-refractivity contribution is -0.0318. The Labute approximate surface area is 221 Å². The highest BCUT2D eigenvalue weighted by Crippen LogP contribution is 2.37. The third-order valence-electron chi connectivity index (χ3n) is 7.64. The van der Waals surface area contributed by atoms with E-state index in [1.165, 1.54) is 0 Å². The number of likely N-dealkylation sites (tertiary alicyclic amines) is 1. The Kier molecular flexibility index (Phi) is 8.72. The number of nitrogens with zero attached hydrogens (tertiary/aromatic N) is 3. The molecule has 0 aliphatic carbocycles. The minimum absolute atomic E-state index is 0.103. The number of amidine groups is 1. The van der Waals surface area contributed by atoms with Gasteiger partial charge in [-0.2, -0.15) is 5.48 Å². The first kappa shape index (κ1) is 27.4. The molecule has 0 radical (unpaired) electrons. The molecule has 8 heteroatoms. The number of piperidine rings is 1. The largest absolute Gasteiger partial charge is 0.388 e. The predicted molar refractivity (Wildman–Crippen MR) is 151 cm³/mol. The number of aryl methyl sites for hydroxylation is 1. The lowest BCUT2D eigenvalue weighted by Gasteiger charge is -2.39. The van der Waals surface area contributed by atoms with E-state index in [0.29, 0.717) is 18.5 Å². The first-order valence-corrected chi connectivity index (χ1v) is 13.7. The summed E-state index contributed by atoms with van der Waals surface area (Å²) < 4.78 is 14.9. The second-order valence-electron chi connectivity index (χ2n) is 10.3. The van der Waals surface area contributed by atoms with Crippen molar-refractivity contribution in [2.45, 2.75) is 59.9 Å². The first-order valence-electron chi connectivity index (χ1n) is 13.7. The van der Waals surface area contributed by atoms with Gasteiger partial charge >= 0.3 is 0 Å². The maximum atomic E-state index is 14.9. The fourth-order valence-electron chi connectivity index (χ4n) is 5.79. The Morgan fingerprint density at radius 2 is 1.81 bits per heavy atom. The number of anilines is 2. The summed E-state index contributed by atoms with van der Waals surface area (Å²) >= 11 is 0. The molecule has 2 atom stereocenters. The van der Waals surface area contributed by atoms with Crippen molar-refractivity contribution in [3.63, 3.8) is 0 Å². The molecule has 2 aromatic rings. The van der Waals surface area contributed by atoms with E-state index >= 15 is 0 Å². The normalized spacial score (nSPS) is 22.2. The van der Waals surface area contributed by atoms with Gasteiger partial charge in [0.2, 0.25) is 0 Å². The second kappa shape index (κ2) is 11.8. The van der Waals surface area contributed by atoms with Gasteiger partial charge in [-0.15, -0.1) is 0 Å². The van der Waals surface area contributed by atoms with E-state index in [-0.39, 0.29) is 18.2 Å². The molecule has 3 heterocycles. The van der Waals surface area contributed by atoms with Crippen LogP contribution in [-0.2, 0) is 4.84 Å². The maximum Gasteiger partial charge on any atom is 0.135 e. The Balaban J connectivity index is 0.00000156. The lowest BCUT2D eigenvalue weighted by Crippen LogP contribution is -2.49. The quantitative estimate of drug-likeness (QED) is 0.506. The van der Waals surface area contributed by atoms with Crippen LogP contribution in [0.5, 0.6) is 0 Å². The number of hydrogen-bond donors (Lipinski definition) is 3. The molecule has 3 aliphatic heterocycles. The number of halogens is 1. The van der Waals surface area contributed by atoms with E-state index in [9.17, 15) is 4.39 Å². The highest BCUT2D eigenvalue weighted by atomic mass is 19.1. The van der Waals surface area contributed by atoms with Gasteiger partial charge in [-0.05, 0) is 74.0 Å². The first-order chi connectivity index (χ1) is 17.9. The molecule has 202 valence electrons. The third-order valence-corrected chi connectivity index (χ3v) is 7.64. The van der Waals surface area contributed by atoms with Gasteiger partial charge in [0.25, 0.3) is 0 Å². The number of fused-ring (bicyclic) bond motifs is 1. The molecule has 0 saturated carbocycles. The average Bonchev–Trinajstić information content (AvgIpc) is 3.30. The van der Waals surface area contributed by atoms with Crippen molar-refractivity contribution in [3.05, 3.63) is 47.3 Å². The standard InChI is InChI=1S/C27H37FN6O.C2H6/c1-16(2)27-33(5)25(32-35-27)18-8-10-34(11-9-18)26-22-14-20(28)13-21(24(22)30-15-31-26)19-6-7-23(29-4)17(3)12-19;1-2/h6-7,12-14,16,18,25,27,29-30,32H,8-11,15H2,1-5H3;1-2H3. The minimum Gasteiger partial charge on any atom is -0.388 e.